The fourth-order valence-corrected chi connectivity index (χ4v) is 3.60. The molecule has 1 aliphatic rings. The second-order valence-corrected chi connectivity index (χ2v) is 6.41. The van der Waals surface area contributed by atoms with Crippen LogP contribution in [0.15, 0.2) is 23.4 Å². The van der Waals surface area contributed by atoms with Gasteiger partial charge in [0.25, 0.3) is 0 Å². The van der Waals surface area contributed by atoms with Crippen molar-refractivity contribution in [3.05, 3.63) is 18.5 Å². The lowest BCUT2D eigenvalue weighted by Gasteiger charge is -2.20. The van der Waals surface area contributed by atoms with Crippen LogP contribution in [-0.2, 0) is 14.8 Å². The maximum atomic E-state index is 12.3. The molecule has 0 amide bonds. The summed E-state index contributed by atoms with van der Waals surface area (Å²) in [5.41, 5.74) is 0. The van der Waals surface area contributed by atoms with E-state index in [0.29, 0.717) is 32.6 Å². The Balaban J connectivity index is 2.05. The van der Waals surface area contributed by atoms with E-state index in [-0.39, 0.29) is 11.4 Å². The Morgan fingerprint density at radius 2 is 2.11 bits per heavy atom. The summed E-state index contributed by atoms with van der Waals surface area (Å²) in [6, 6.07) is 1.52. The summed E-state index contributed by atoms with van der Waals surface area (Å²) in [6.45, 7) is 1.74. The molecule has 1 aliphatic heterocycles. The molecule has 0 aromatic carbocycles. The monoisotopic (exact) mass is 287 g/mol. The van der Waals surface area contributed by atoms with Crippen molar-refractivity contribution in [2.75, 3.05) is 32.7 Å². The van der Waals surface area contributed by atoms with Crippen LogP contribution in [0.5, 0.6) is 0 Å². The van der Waals surface area contributed by atoms with Crippen molar-refractivity contribution in [3.8, 4) is 0 Å². The van der Waals surface area contributed by atoms with Crippen LogP contribution < -0.4 is 0 Å². The molecule has 0 atom stereocenters. The van der Waals surface area contributed by atoms with Crippen molar-refractivity contribution in [2.45, 2.75) is 11.3 Å². The van der Waals surface area contributed by atoms with Gasteiger partial charge in [0.15, 0.2) is 0 Å². The van der Waals surface area contributed by atoms with Crippen LogP contribution in [0.2, 0.25) is 0 Å². The summed E-state index contributed by atoms with van der Waals surface area (Å²) in [5, 5.41) is 8.76. The molecule has 0 saturated carbocycles. The van der Waals surface area contributed by atoms with Crippen molar-refractivity contribution < 1.29 is 18.3 Å². The summed E-state index contributed by atoms with van der Waals surface area (Å²) in [7, 11) is -3.47. The Morgan fingerprint density at radius 3 is 2.74 bits per heavy atom. The number of carboxylic acids is 1. The summed E-state index contributed by atoms with van der Waals surface area (Å²) in [4.78, 5) is 15.4. The fourth-order valence-electron chi connectivity index (χ4n) is 2.16. The maximum absolute atomic E-state index is 12.3. The van der Waals surface area contributed by atoms with Gasteiger partial charge in [0.05, 0.1) is 11.4 Å². The minimum atomic E-state index is -3.47. The zero-order chi connectivity index (χ0) is 13.9. The molecule has 8 heteroatoms. The average molecular weight is 287 g/mol. The quantitative estimate of drug-likeness (QED) is 0.799. The molecule has 0 unspecified atom stereocenters. The van der Waals surface area contributed by atoms with Crippen LogP contribution in [0.25, 0.3) is 0 Å². The Morgan fingerprint density at radius 1 is 1.32 bits per heavy atom. The number of nitrogens with zero attached hydrogens (tertiary/aromatic N) is 2. The summed E-state index contributed by atoms with van der Waals surface area (Å²) in [5.74, 6) is -0.887. The van der Waals surface area contributed by atoms with E-state index in [1.54, 1.807) is 11.1 Å². The Kier molecular flexibility index (Phi) is 4.23. The van der Waals surface area contributed by atoms with E-state index in [4.69, 9.17) is 5.11 Å². The molecular formula is C11H17N3O4S. The predicted octanol–water partition coefficient (Wildman–Crippen LogP) is -0.204. The number of aromatic nitrogens is 1. The van der Waals surface area contributed by atoms with Gasteiger partial charge in [0.2, 0.25) is 10.0 Å². The van der Waals surface area contributed by atoms with E-state index in [1.807, 2.05) is 0 Å². The molecule has 2 rings (SSSR count). The highest BCUT2D eigenvalue weighted by Gasteiger charge is 2.27. The number of hydrogen-bond acceptors (Lipinski definition) is 4. The molecular weight excluding hydrogens is 270 g/mol. The smallest absolute Gasteiger partial charge is 0.317 e. The minimum Gasteiger partial charge on any atom is -0.480 e. The van der Waals surface area contributed by atoms with E-state index >= 15 is 0 Å². The van der Waals surface area contributed by atoms with Crippen LogP contribution in [0.1, 0.15) is 6.42 Å². The molecule has 1 aromatic heterocycles. The molecule has 2 N–H and O–H groups in total. The van der Waals surface area contributed by atoms with Gasteiger partial charge in [-0.25, -0.2) is 8.42 Å². The minimum absolute atomic E-state index is 0.0436. The SMILES string of the molecule is O=C(O)CN1CCCN(S(=O)(=O)c2cc[nH]c2)CC1. The van der Waals surface area contributed by atoms with E-state index in [9.17, 15) is 13.2 Å². The molecule has 0 bridgehead atoms. The highest BCUT2D eigenvalue weighted by Crippen LogP contribution is 2.16. The zero-order valence-corrected chi connectivity index (χ0v) is 11.3. The van der Waals surface area contributed by atoms with Gasteiger partial charge < -0.3 is 10.1 Å². The first kappa shape index (κ1) is 14.0. The van der Waals surface area contributed by atoms with Crippen molar-refractivity contribution in [1.29, 1.82) is 0 Å². The van der Waals surface area contributed by atoms with Crippen molar-refractivity contribution >= 4 is 16.0 Å². The number of sulfonamides is 1. The van der Waals surface area contributed by atoms with Crippen LogP contribution in [0.4, 0.5) is 0 Å². The standard InChI is InChI=1S/C11H17N3O4S/c15-11(16)9-13-4-1-5-14(7-6-13)19(17,18)10-2-3-12-8-10/h2-3,8,12H,1,4-7,9H2,(H,15,16). The number of carbonyl (C=O) groups is 1. The number of nitrogens with one attached hydrogen (secondary N) is 1. The van der Waals surface area contributed by atoms with Crippen molar-refractivity contribution in [1.82, 2.24) is 14.2 Å². The maximum Gasteiger partial charge on any atom is 0.317 e. The predicted molar refractivity (Wildman–Crippen MR) is 68.2 cm³/mol. The van der Waals surface area contributed by atoms with Gasteiger partial charge >= 0.3 is 5.97 Å². The Bertz CT molecular complexity index is 526. The van der Waals surface area contributed by atoms with Crippen LogP contribution in [-0.4, -0.2) is 66.4 Å². The molecule has 2 heterocycles. The third-order valence-corrected chi connectivity index (χ3v) is 5.01. The number of aliphatic carboxylic acids is 1. The van der Waals surface area contributed by atoms with Crippen molar-refractivity contribution in [2.24, 2.45) is 0 Å². The number of carboxylic acid groups (broad SMARTS) is 1. The highest BCUT2D eigenvalue weighted by atomic mass is 32.2. The molecule has 7 nitrogen and oxygen atoms in total. The third kappa shape index (κ3) is 3.34. The van der Waals surface area contributed by atoms with Crippen molar-refractivity contribution in [3.63, 3.8) is 0 Å². The first-order chi connectivity index (χ1) is 9.00. The Labute approximate surface area is 111 Å². The first-order valence-corrected chi connectivity index (χ1v) is 7.51. The van der Waals surface area contributed by atoms with Gasteiger partial charge in [-0.05, 0) is 12.5 Å². The number of H-pyrrole nitrogens is 1. The van der Waals surface area contributed by atoms with Crippen LogP contribution in [0.3, 0.4) is 0 Å². The number of rotatable bonds is 4. The van der Waals surface area contributed by atoms with E-state index in [0.717, 1.165) is 0 Å². The normalized spacial score (nSPS) is 19.2. The molecule has 1 aromatic rings. The summed E-state index contributed by atoms with van der Waals surface area (Å²) >= 11 is 0. The van der Waals surface area contributed by atoms with Crippen LogP contribution >= 0.6 is 0 Å². The van der Waals surface area contributed by atoms with Gasteiger partial charge in [0, 0.05) is 38.6 Å². The zero-order valence-electron chi connectivity index (χ0n) is 10.4. The topological polar surface area (TPSA) is 93.7 Å². The molecule has 0 spiro atoms. The molecule has 106 valence electrons. The Hall–Kier alpha value is -1.38. The highest BCUT2D eigenvalue weighted by molar-refractivity contribution is 7.89. The molecule has 0 radical (unpaired) electrons. The lowest BCUT2D eigenvalue weighted by molar-refractivity contribution is -0.138. The third-order valence-electron chi connectivity index (χ3n) is 3.11. The fraction of sp³-hybridized carbons (Fsp3) is 0.545. The van der Waals surface area contributed by atoms with Crippen LogP contribution in [0, 0.1) is 0 Å². The molecule has 1 fully saturated rings. The number of hydrogen-bond donors (Lipinski definition) is 2. The first-order valence-electron chi connectivity index (χ1n) is 6.07. The van der Waals surface area contributed by atoms with Gasteiger partial charge in [-0.3, -0.25) is 9.69 Å². The van der Waals surface area contributed by atoms with E-state index in [2.05, 4.69) is 4.98 Å². The van der Waals surface area contributed by atoms with E-state index < -0.39 is 16.0 Å². The number of aromatic amines is 1. The second kappa shape index (κ2) is 5.72. The largest absolute Gasteiger partial charge is 0.480 e. The van der Waals surface area contributed by atoms with Gasteiger partial charge in [-0.15, -0.1) is 0 Å². The molecule has 19 heavy (non-hydrogen) atoms. The van der Waals surface area contributed by atoms with Gasteiger partial charge in [-0.1, -0.05) is 0 Å². The van der Waals surface area contributed by atoms with Gasteiger partial charge in [0.1, 0.15) is 0 Å². The summed E-state index contributed by atoms with van der Waals surface area (Å²) < 4.78 is 26.0. The van der Waals surface area contributed by atoms with E-state index in [1.165, 1.54) is 16.6 Å². The average Bonchev–Trinajstić information content (AvgIpc) is 2.77. The lowest BCUT2D eigenvalue weighted by atomic mass is 10.4. The lowest BCUT2D eigenvalue weighted by Crippen LogP contribution is -2.36. The molecule has 0 aliphatic carbocycles. The van der Waals surface area contributed by atoms with Gasteiger partial charge in [-0.2, -0.15) is 4.31 Å². The molecule has 1 saturated heterocycles. The summed E-state index contributed by atoms with van der Waals surface area (Å²) in [6.07, 6.45) is 3.66. The second-order valence-electron chi connectivity index (χ2n) is 4.47.